The van der Waals surface area contributed by atoms with Crippen molar-refractivity contribution in [3.05, 3.63) is 42.5 Å². The van der Waals surface area contributed by atoms with Crippen LogP contribution in [-0.2, 0) is 0 Å². The van der Waals surface area contributed by atoms with E-state index in [1.165, 1.54) is 31.2 Å². The van der Waals surface area contributed by atoms with E-state index in [-0.39, 0.29) is 0 Å². The Morgan fingerprint density at radius 1 is 1.05 bits per heavy atom. The Labute approximate surface area is 124 Å². The van der Waals surface area contributed by atoms with Crippen LogP contribution in [0.4, 0.5) is 0 Å². The van der Waals surface area contributed by atoms with Gasteiger partial charge in [-0.2, -0.15) is 0 Å². The molecule has 2 heteroatoms. The zero-order valence-corrected chi connectivity index (χ0v) is 13.1. The van der Waals surface area contributed by atoms with Crippen molar-refractivity contribution in [3.63, 3.8) is 0 Å². The molecule has 0 radical (unpaired) electrons. The van der Waals surface area contributed by atoms with E-state index in [1.807, 2.05) is 36.4 Å². The van der Waals surface area contributed by atoms with Crippen molar-refractivity contribution in [3.8, 4) is 0 Å². The highest BCUT2D eigenvalue weighted by atomic mass is 17.0. The van der Waals surface area contributed by atoms with E-state index in [4.69, 9.17) is 10.5 Å². The van der Waals surface area contributed by atoms with Crippen LogP contribution in [0.15, 0.2) is 36.9 Å². The van der Waals surface area contributed by atoms with Crippen molar-refractivity contribution in [2.45, 2.75) is 46.5 Å². The Balaban J connectivity index is 0.000000327. The molecule has 0 bridgehead atoms. The molecular formula is C18H30O2. The summed E-state index contributed by atoms with van der Waals surface area (Å²) in [5.74, 6) is 2.97. The lowest BCUT2D eigenvalue weighted by Crippen LogP contribution is -2.16. The summed E-state index contributed by atoms with van der Waals surface area (Å²) < 4.78 is 0. The molecule has 0 unspecified atom stereocenters. The number of hydrogen-bond donors (Lipinski definition) is 2. The first-order chi connectivity index (χ1) is 9.63. The second kappa shape index (κ2) is 11.7. The predicted octanol–water partition coefficient (Wildman–Crippen LogP) is 5.82. The molecule has 2 rings (SSSR count). The standard InChI is InChI=1S/C10H20.C8H8.H2O2/c1-8(2)10-6-4-9(3)5-7-10;1-2-8-6-4-3-5-7-8;1-2/h8-10H,4-7H2,1-3H3;2-7H,1H2;1-2H. The van der Waals surface area contributed by atoms with Gasteiger partial charge in [0.2, 0.25) is 0 Å². The molecule has 1 fully saturated rings. The molecule has 2 nitrogen and oxygen atoms in total. The summed E-state index contributed by atoms with van der Waals surface area (Å²) in [5.41, 5.74) is 1.17. The maximum Gasteiger partial charge on any atom is -0.0263 e. The zero-order chi connectivity index (χ0) is 15.4. The highest BCUT2D eigenvalue weighted by molar-refractivity contribution is 5.45. The zero-order valence-electron chi connectivity index (χ0n) is 13.1. The van der Waals surface area contributed by atoms with Crippen LogP contribution in [-0.4, -0.2) is 10.5 Å². The van der Waals surface area contributed by atoms with Crippen molar-refractivity contribution >= 4 is 6.08 Å². The smallest absolute Gasteiger partial charge is 0.0263 e. The number of hydrogen-bond acceptors (Lipinski definition) is 2. The molecule has 0 amide bonds. The van der Waals surface area contributed by atoms with Crippen LogP contribution in [0.1, 0.15) is 52.0 Å². The summed E-state index contributed by atoms with van der Waals surface area (Å²) >= 11 is 0. The third kappa shape index (κ3) is 8.13. The van der Waals surface area contributed by atoms with Crippen LogP contribution in [0.25, 0.3) is 6.08 Å². The average molecular weight is 278 g/mol. The van der Waals surface area contributed by atoms with Crippen molar-refractivity contribution in [1.29, 1.82) is 0 Å². The third-order valence-corrected chi connectivity index (χ3v) is 4.04. The fourth-order valence-corrected chi connectivity index (χ4v) is 2.54. The molecule has 1 saturated carbocycles. The molecule has 0 spiro atoms. The van der Waals surface area contributed by atoms with E-state index < -0.39 is 0 Å². The first-order valence-electron chi connectivity index (χ1n) is 7.51. The SMILES string of the molecule is C=Cc1ccccc1.CC1CCC(C(C)C)CC1.OO. The molecule has 0 aliphatic heterocycles. The van der Waals surface area contributed by atoms with E-state index in [9.17, 15) is 0 Å². The van der Waals surface area contributed by atoms with Gasteiger partial charge in [0, 0.05) is 0 Å². The molecule has 0 atom stereocenters. The molecule has 0 saturated heterocycles. The van der Waals surface area contributed by atoms with Gasteiger partial charge in [-0.15, -0.1) is 0 Å². The van der Waals surface area contributed by atoms with Crippen LogP contribution >= 0.6 is 0 Å². The van der Waals surface area contributed by atoms with Gasteiger partial charge in [-0.05, 0) is 36.2 Å². The minimum absolute atomic E-state index is 0.924. The Bertz CT molecular complexity index is 325. The Morgan fingerprint density at radius 3 is 1.90 bits per heavy atom. The van der Waals surface area contributed by atoms with Crippen LogP contribution in [0.2, 0.25) is 0 Å². The molecular weight excluding hydrogens is 248 g/mol. The minimum atomic E-state index is 0.924. The lowest BCUT2D eigenvalue weighted by Gasteiger charge is -2.28. The summed E-state index contributed by atoms with van der Waals surface area (Å²) in [4.78, 5) is 0. The summed E-state index contributed by atoms with van der Waals surface area (Å²) in [6, 6.07) is 10.0. The predicted molar refractivity (Wildman–Crippen MR) is 87.8 cm³/mol. The second-order valence-electron chi connectivity index (χ2n) is 5.88. The monoisotopic (exact) mass is 278 g/mol. The fraction of sp³-hybridized carbons (Fsp3) is 0.556. The Morgan fingerprint density at radius 2 is 1.55 bits per heavy atom. The maximum absolute atomic E-state index is 6.00. The Kier molecular flexibility index (Phi) is 11.0. The highest BCUT2D eigenvalue weighted by Crippen LogP contribution is 2.32. The minimum Gasteiger partial charge on any atom is -0.255 e. The van der Waals surface area contributed by atoms with Gasteiger partial charge in [0.15, 0.2) is 0 Å². The van der Waals surface area contributed by atoms with Crippen molar-refractivity contribution in [2.24, 2.45) is 17.8 Å². The molecule has 0 heterocycles. The molecule has 20 heavy (non-hydrogen) atoms. The van der Waals surface area contributed by atoms with Crippen molar-refractivity contribution in [2.75, 3.05) is 0 Å². The summed E-state index contributed by atoms with van der Waals surface area (Å²) in [6.45, 7) is 10.7. The van der Waals surface area contributed by atoms with Gasteiger partial charge >= 0.3 is 0 Å². The maximum atomic E-state index is 6.00. The molecule has 114 valence electrons. The lowest BCUT2D eigenvalue weighted by molar-refractivity contribution is -0.176. The number of rotatable bonds is 2. The summed E-state index contributed by atoms with van der Waals surface area (Å²) in [6.07, 6.45) is 7.75. The van der Waals surface area contributed by atoms with E-state index in [0.29, 0.717) is 0 Å². The first-order valence-corrected chi connectivity index (χ1v) is 7.51. The molecule has 1 aromatic rings. The first kappa shape index (κ1) is 18.9. The van der Waals surface area contributed by atoms with Gasteiger partial charge in [0.25, 0.3) is 0 Å². The van der Waals surface area contributed by atoms with E-state index >= 15 is 0 Å². The summed E-state index contributed by atoms with van der Waals surface area (Å²) in [7, 11) is 0. The van der Waals surface area contributed by atoms with E-state index in [1.54, 1.807) is 0 Å². The molecule has 1 aliphatic rings. The van der Waals surface area contributed by atoms with E-state index in [0.717, 1.165) is 17.8 Å². The van der Waals surface area contributed by atoms with Crippen LogP contribution in [0.5, 0.6) is 0 Å². The van der Waals surface area contributed by atoms with Gasteiger partial charge in [-0.3, -0.25) is 10.5 Å². The van der Waals surface area contributed by atoms with Gasteiger partial charge in [-0.1, -0.05) is 76.6 Å². The van der Waals surface area contributed by atoms with Crippen molar-refractivity contribution < 1.29 is 10.5 Å². The largest absolute Gasteiger partial charge is 0.255 e. The average Bonchev–Trinajstić information content (AvgIpc) is 2.51. The van der Waals surface area contributed by atoms with E-state index in [2.05, 4.69) is 27.4 Å². The lowest BCUT2D eigenvalue weighted by atomic mass is 9.78. The summed E-state index contributed by atoms with van der Waals surface area (Å²) in [5, 5.41) is 12.0. The van der Waals surface area contributed by atoms with Gasteiger partial charge in [0.05, 0.1) is 0 Å². The van der Waals surface area contributed by atoms with Crippen LogP contribution < -0.4 is 0 Å². The van der Waals surface area contributed by atoms with Gasteiger partial charge < -0.3 is 0 Å². The highest BCUT2D eigenvalue weighted by Gasteiger charge is 2.19. The second-order valence-corrected chi connectivity index (χ2v) is 5.88. The molecule has 1 aromatic carbocycles. The fourth-order valence-electron chi connectivity index (χ4n) is 2.54. The van der Waals surface area contributed by atoms with Crippen molar-refractivity contribution in [1.82, 2.24) is 0 Å². The molecule has 0 aromatic heterocycles. The quantitative estimate of drug-likeness (QED) is 0.529. The molecule has 2 N–H and O–H groups in total. The third-order valence-electron chi connectivity index (χ3n) is 4.04. The van der Waals surface area contributed by atoms with Gasteiger partial charge in [-0.25, -0.2) is 0 Å². The number of benzene rings is 1. The van der Waals surface area contributed by atoms with Gasteiger partial charge in [0.1, 0.15) is 0 Å². The Hall–Kier alpha value is -1.12. The topological polar surface area (TPSA) is 40.5 Å². The van der Waals surface area contributed by atoms with Crippen LogP contribution in [0.3, 0.4) is 0 Å². The van der Waals surface area contributed by atoms with Crippen LogP contribution in [0, 0.1) is 17.8 Å². The molecule has 1 aliphatic carbocycles. The normalized spacial score (nSPS) is 21.1.